The van der Waals surface area contributed by atoms with Crippen molar-refractivity contribution in [2.24, 2.45) is 0 Å². The largest absolute Gasteiger partial charge is 0.489 e. The minimum absolute atomic E-state index is 0.163. The molecule has 0 saturated heterocycles. The number of hydrogen-bond acceptors (Lipinski definition) is 5. The van der Waals surface area contributed by atoms with Crippen molar-refractivity contribution in [3.8, 4) is 17.1 Å². The van der Waals surface area contributed by atoms with E-state index in [2.05, 4.69) is 10.2 Å². The Bertz CT molecular complexity index is 1460. The van der Waals surface area contributed by atoms with E-state index in [0.29, 0.717) is 32.5 Å². The van der Waals surface area contributed by atoms with Gasteiger partial charge in [-0.15, -0.1) is 10.2 Å². The van der Waals surface area contributed by atoms with Gasteiger partial charge >= 0.3 is 0 Å². The van der Waals surface area contributed by atoms with Crippen LogP contribution in [0.1, 0.15) is 11.1 Å². The number of nitrogens with zero attached hydrogens (tertiary/aromatic N) is 3. The lowest BCUT2D eigenvalue weighted by atomic mass is 10.2. The molecule has 0 unspecified atom stereocenters. The molecule has 5 aromatic rings. The summed E-state index contributed by atoms with van der Waals surface area (Å²) in [5.74, 6) is 1.22. The molecule has 0 radical (unpaired) electrons. The fourth-order valence-corrected chi connectivity index (χ4v) is 4.36. The van der Waals surface area contributed by atoms with E-state index in [1.165, 1.54) is 15.7 Å². The van der Waals surface area contributed by atoms with Gasteiger partial charge in [-0.3, -0.25) is 4.79 Å². The maximum absolute atomic E-state index is 13.0. The predicted molar refractivity (Wildman–Crippen MR) is 124 cm³/mol. The van der Waals surface area contributed by atoms with Crippen molar-refractivity contribution in [2.45, 2.75) is 6.61 Å². The van der Waals surface area contributed by atoms with E-state index in [-0.39, 0.29) is 5.56 Å². The van der Waals surface area contributed by atoms with E-state index in [1.54, 1.807) is 6.07 Å². The van der Waals surface area contributed by atoms with E-state index >= 15 is 0 Å². The van der Waals surface area contributed by atoms with Crippen LogP contribution in [0.2, 0.25) is 5.02 Å². The number of ether oxygens (including phenoxy) is 1. The molecule has 31 heavy (non-hydrogen) atoms. The zero-order valence-electron chi connectivity index (χ0n) is 16.2. The number of rotatable bonds is 5. The molecule has 0 saturated carbocycles. The molecule has 0 fully saturated rings. The zero-order valence-corrected chi connectivity index (χ0v) is 17.8. The fourth-order valence-electron chi connectivity index (χ4n) is 3.23. The number of fused-ring (bicyclic) bond motifs is 1. The first-order chi connectivity index (χ1) is 15.2. The summed E-state index contributed by atoms with van der Waals surface area (Å²) in [6.45, 7) is 0.508. The molecule has 0 atom stereocenters. The van der Waals surface area contributed by atoms with Crippen LogP contribution in [0.25, 0.3) is 22.4 Å². The smallest absolute Gasteiger partial charge is 0.276 e. The summed E-state index contributed by atoms with van der Waals surface area (Å²) in [5.41, 5.74) is 2.53. The molecule has 2 aromatic heterocycles. The highest BCUT2D eigenvalue weighted by molar-refractivity contribution is 7.15. The van der Waals surface area contributed by atoms with Gasteiger partial charge in [0.15, 0.2) is 5.82 Å². The molecule has 0 amide bonds. The molecule has 0 aliphatic rings. The highest BCUT2D eigenvalue weighted by atomic mass is 35.5. The Hall–Kier alpha value is -3.48. The number of benzene rings is 3. The van der Waals surface area contributed by atoms with Gasteiger partial charge in [-0.1, -0.05) is 77.5 Å². The lowest BCUT2D eigenvalue weighted by molar-refractivity contribution is 0.306. The Labute approximate surface area is 186 Å². The van der Waals surface area contributed by atoms with Crippen molar-refractivity contribution < 1.29 is 4.74 Å². The third-order valence-electron chi connectivity index (χ3n) is 4.79. The van der Waals surface area contributed by atoms with Crippen molar-refractivity contribution in [1.82, 2.24) is 14.6 Å². The molecule has 7 heteroatoms. The molecule has 0 N–H and O–H groups in total. The summed E-state index contributed by atoms with van der Waals surface area (Å²) in [5, 5.41) is 8.85. The van der Waals surface area contributed by atoms with Crippen LogP contribution in [0, 0.1) is 0 Å². The number of aromatic nitrogens is 3. The minimum atomic E-state index is -0.163. The molecule has 3 aromatic carbocycles. The van der Waals surface area contributed by atoms with Crippen LogP contribution in [-0.2, 0) is 6.61 Å². The van der Waals surface area contributed by atoms with E-state index in [1.807, 2.05) is 78.9 Å². The van der Waals surface area contributed by atoms with Crippen molar-refractivity contribution in [3.63, 3.8) is 0 Å². The van der Waals surface area contributed by atoms with Gasteiger partial charge in [0.2, 0.25) is 4.96 Å². The molecule has 0 spiro atoms. The summed E-state index contributed by atoms with van der Waals surface area (Å²) < 4.78 is 7.91. The molecule has 0 aliphatic carbocycles. The third-order valence-corrected chi connectivity index (χ3v) is 6.08. The zero-order chi connectivity index (χ0) is 21.2. The van der Waals surface area contributed by atoms with Gasteiger partial charge in [0.05, 0.1) is 9.55 Å². The summed E-state index contributed by atoms with van der Waals surface area (Å²) in [7, 11) is 0. The molecule has 2 heterocycles. The molecule has 0 aliphatic heterocycles. The summed E-state index contributed by atoms with van der Waals surface area (Å²) >= 11 is 7.58. The molecule has 152 valence electrons. The normalized spacial score (nSPS) is 11.8. The van der Waals surface area contributed by atoms with Crippen molar-refractivity contribution in [2.75, 3.05) is 0 Å². The fraction of sp³-hybridized carbons (Fsp3) is 0.0417. The van der Waals surface area contributed by atoms with Crippen LogP contribution in [0.4, 0.5) is 0 Å². The van der Waals surface area contributed by atoms with Gasteiger partial charge in [0, 0.05) is 5.56 Å². The Balaban J connectivity index is 1.43. The predicted octanol–water partition coefficient (Wildman–Crippen LogP) is 4.60. The van der Waals surface area contributed by atoms with Crippen LogP contribution >= 0.6 is 22.9 Å². The third kappa shape index (κ3) is 3.95. The van der Waals surface area contributed by atoms with E-state index in [9.17, 15) is 4.79 Å². The number of halogens is 1. The van der Waals surface area contributed by atoms with E-state index < -0.39 is 0 Å². The monoisotopic (exact) mass is 445 g/mol. The summed E-state index contributed by atoms with van der Waals surface area (Å²) in [6, 6.07) is 24.9. The first-order valence-corrected chi connectivity index (χ1v) is 10.8. The van der Waals surface area contributed by atoms with Gasteiger partial charge in [-0.05, 0) is 41.5 Å². The van der Waals surface area contributed by atoms with Crippen LogP contribution in [0.5, 0.6) is 5.75 Å². The number of thiazole rings is 1. The second kappa shape index (κ2) is 8.34. The van der Waals surface area contributed by atoms with Crippen molar-refractivity contribution in [3.05, 3.63) is 110 Å². The summed E-state index contributed by atoms with van der Waals surface area (Å²) in [4.78, 5) is 13.6. The van der Waals surface area contributed by atoms with Crippen LogP contribution < -0.4 is 14.8 Å². The Morgan fingerprint density at radius 1 is 0.935 bits per heavy atom. The SMILES string of the molecule is O=c1c(=Cc2ccc(OCc3ccccc3)cc2)sc2nnc(-c3ccccc3Cl)n12. The Morgan fingerprint density at radius 2 is 1.68 bits per heavy atom. The quantitative estimate of drug-likeness (QED) is 0.397. The average Bonchev–Trinajstić information content (AvgIpc) is 3.34. The number of hydrogen-bond donors (Lipinski definition) is 0. The maximum atomic E-state index is 13.0. The Morgan fingerprint density at radius 3 is 2.45 bits per heavy atom. The van der Waals surface area contributed by atoms with Gasteiger partial charge < -0.3 is 4.74 Å². The second-order valence-corrected chi connectivity index (χ2v) is 8.30. The lowest BCUT2D eigenvalue weighted by Crippen LogP contribution is -2.23. The molecular formula is C24H16ClN3O2S. The lowest BCUT2D eigenvalue weighted by Gasteiger charge is -2.06. The first kappa shape index (κ1) is 19.5. The molecular weight excluding hydrogens is 430 g/mol. The van der Waals surface area contributed by atoms with E-state index in [4.69, 9.17) is 16.3 Å². The first-order valence-electron chi connectivity index (χ1n) is 9.60. The molecule has 0 bridgehead atoms. The van der Waals surface area contributed by atoms with Gasteiger partial charge in [0.25, 0.3) is 5.56 Å². The molecule has 5 rings (SSSR count). The van der Waals surface area contributed by atoms with Gasteiger partial charge in [-0.2, -0.15) is 0 Å². The second-order valence-electron chi connectivity index (χ2n) is 6.88. The van der Waals surface area contributed by atoms with Crippen LogP contribution in [0.15, 0.2) is 83.7 Å². The summed E-state index contributed by atoms with van der Waals surface area (Å²) in [6.07, 6.45) is 1.85. The molecule has 5 nitrogen and oxygen atoms in total. The van der Waals surface area contributed by atoms with Crippen LogP contribution in [-0.4, -0.2) is 14.6 Å². The van der Waals surface area contributed by atoms with E-state index in [0.717, 1.165) is 16.9 Å². The average molecular weight is 446 g/mol. The van der Waals surface area contributed by atoms with Gasteiger partial charge in [-0.25, -0.2) is 4.40 Å². The Kier molecular flexibility index (Phi) is 5.24. The standard InChI is InChI=1S/C24H16ClN3O2S/c25-20-9-5-4-8-19(20)22-26-27-24-28(22)23(29)21(31-24)14-16-10-12-18(13-11-16)30-15-17-6-2-1-3-7-17/h1-14H,15H2. The minimum Gasteiger partial charge on any atom is -0.489 e. The maximum Gasteiger partial charge on any atom is 0.276 e. The highest BCUT2D eigenvalue weighted by Crippen LogP contribution is 2.26. The highest BCUT2D eigenvalue weighted by Gasteiger charge is 2.16. The van der Waals surface area contributed by atoms with Crippen molar-refractivity contribution in [1.29, 1.82) is 0 Å². The topological polar surface area (TPSA) is 56.5 Å². The van der Waals surface area contributed by atoms with Crippen molar-refractivity contribution >= 4 is 34.0 Å². The van der Waals surface area contributed by atoms with Crippen LogP contribution in [0.3, 0.4) is 0 Å². The van der Waals surface area contributed by atoms with Gasteiger partial charge in [0.1, 0.15) is 12.4 Å².